The molecule has 2 atom stereocenters. The molecule has 1 N–H and O–H groups in total. The molecule has 2 unspecified atom stereocenters. The van der Waals surface area contributed by atoms with Crippen molar-refractivity contribution in [2.24, 2.45) is 5.92 Å². The van der Waals surface area contributed by atoms with Crippen molar-refractivity contribution in [2.45, 2.75) is 71.8 Å². The molecule has 1 aromatic carbocycles. The van der Waals surface area contributed by atoms with Crippen LogP contribution >= 0.6 is 0 Å². The highest BCUT2D eigenvalue weighted by Crippen LogP contribution is 2.39. The largest absolute Gasteiger partial charge is 0.314 e. The van der Waals surface area contributed by atoms with E-state index in [9.17, 15) is 4.39 Å². The second kappa shape index (κ2) is 7.40. The highest BCUT2D eigenvalue weighted by molar-refractivity contribution is 5.35. The molecule has 1 fully saturated rings. The molecule has 2 rings (SSSR count). The van der Waals surface area contributed by atoms with Crippen molar-refractivity contribution in [2.75, 3.05) is 6.54 Å². The molecular formula is C19H30FN. The summed E-state index contributed by atoms with van der Waals surface area (Å²) in [4.78, 5) is 0. The second-order valence-corrected chi connectivity index (χ2v) is 7.04. The van der Waals surface area contributed by atoms with Crippen LogP contribution in [0, 0.1) is 25.6 Å². The fourth-order valence-corrected chi connectivity index (χ4v) is 3.79. The molecule has 0 spiro atoms. The van der Waals surface area contributed by atoms with E-state index in [1.807, 2.05) is 6.92 Å². The molecule has 118 valence electrons. The average molecular weight is 291 g/mol. The molecule has 0 aromatic heterocycles. The lowest BCUT2D eigenvalue weighted by Gasteiger charge is -2.28. The predicted octanol–water partition coefficient (Wildman–Crippen LogP) is 5.10. The van der Waals surface area contributed by atoms with E-state index in [0.29, 0.717) is 17.9 Å². The van der Waals surface area contributed by atoms with Gasteiger partial charge in [-0.3, -0.25) is 0 Å². The Morgan fingerprint density at radius 3 is 2.52 bits per heavy atom. The molecule has 0 radical (unpaired) electrons. The summed E-state index contributed by atoms with van der Waals surface area (Å²) >= 11 is 0. The highest BCUT2D eigenvalue weighted by atomic mass is 19.1. The van der Waals surface area contributed by atoms with Gasteiger partial charge in [0, 0.05) is 6.04 Å². The predicted molar refractivity (Wildman–Crippen MR) is 88.3 cm³/mol. The molecule has 0 heterocycles. The monoisotopic (exact) mass is 291 g/mol. The van der Waals surface area contributed by atoms with E-state index in [4.69, 9.17) is 0 Å². The molecule has 0 amide bonds. The Kier molecular flexibility index (Phi) is 5.80. The van der Waals surface area contributed by atoms with E-state index in [2.05, 4.69) is 32.2 Å². The van der Waals surface area contributed by atoms with Gasteiger partial charge in [-0.15, -0.1) is 0 Å². The average Bonchev–Trinajstić information content (AvgIpc) is 2.61. The maximum absolute atomic E-state index is 14.6. The zero-order valence-electron chi connectivity index (χ0n) is 14.0. The molecule has 1 nitrogen and oxygen atoms in total. The van der Waals surface area contributed by atoms with Crippen LogP contribution in [-0.4, -0.2) is 12.6 Å². The molecule has 0 bridgehead atoms. The zero-order valence-corrected chi connectivity index (χ0v) is 14.0. The molecule has 1 aliphatic carbocycles. The third-order valence-corrected chi connectivity index (χ3v) is 4.80. The third kappa shape index (κ3) is 4.29. The number of benzene rings is 1. The summed E-state index contributed by atoms with van der Waals surface area (Å²) in [5.74, 6) is 0.944. The van der Waals surface area contributed by atoms with E-state index in [1.54, 1.807) is 6.07 Å². The molecule has 1 aliphatic rings. The summed E-state index contributed by atoms with van der Waals surface area (Å²) in [5.41, 5.74) is 3.14. The van der Waals surface area contributed by atoms with Crippen LogP contribution in [0.4, 0.5) is 4.39 Å². The van der Waals surface area contributed by atoms with E-state index < -0.39 is 0 Å². The van der Waals surface area contributed by atoms with Crippen molar-refractivity contribution in [3.05, 3.63) is 34.6 Å². The van der Waals surface area contributed by atoms with Gasteiger partial charge in [0.25, 0.3) is 0 Å². The molecule has 0 saturated heterocycles. The van der Waals surface area contributed by atoms with Crippen molar-refractivity contribution in [1.82, 2.24) is 5.32 Å². The van der Waals surface area contributed by atoms with Gasteiger partial charge in [-0.2, -0.15) is 0 Å². The zero-order chi connectivity index (χ0) is 15.4. The van der Waals surface area contributed by atoms with Crippen molar-refractivity contribution < 1.29 is 4.39 Å². The van der Waals surface area contributed by atoms with Gasteiger partial charge in [0.05, 0.1) is 0 Å². The number of hydrogen-bond donors (Lipinski definition) is 1. The Balaban J connectivity index is 2.27. The summed E-state index contributed by atoms with van der Waals surface area (Å²) < 4.78 is 14.6. The van der Waals surface area contributed by atoms with Gasteiger partial charge in [0.1, 0.15) is 5.82 Å². The molecule has 1 saturated carbocycles. The Labute approximate surface area is 129 Å². The van der Waals surface area contributed by atoms with Crippen LogP contribution in [0.2, 0.25) is 0 Å². The van der Waals surface area contributed by atoms with Crippen LogP contribution in [0.25, 0.3) is 0 Å². The first-order valence-electron chi connectivity index (χ1n) is 8.49. The van der Waals surface area contributed by atoms with E-state index >= 15 is 0 Å². The van der Waals surface area contributed by atoms with Crippen LogP contribution in [-0.2, 0) is 0 Å². The van der Waals surface area contributed by atoms with Crippen LogP contribution in [0.1, 0.15) is 68.6 Å². The van der Waals surface area contributed by atoms with Crippen molar-refractivity contribution in [3.8, 4) is 0 Å². The Bertz CT molecular complexity index is 444. The fourth-order valence-electron chi connectivity index (χ4n) is 3.79. The van der Waals surface area contributed by atoms with Gasteiger partial charge in [0.15, 0.2) is 0 Å². The van der Waals surface area contributed by atoms with Crippen LogP contribution < -0.4 is 5.32 Å². The molecule has 0 aliphatic heterocycles. The maximum Gasteiger partial charge on any atom is 0.127 e. The first-order valence-corrected chi connectivity index (χ1v) is 8.49. The summed E-state index contributed by atoms with van der Waals surface area (Å²) in [6.45, 7) is 9.43. The minimum Gasteiger partial charge on any atom is -0.314 e. The maximum atomic E-state index is 14.6. The normalized spacial score (nSPS) is 23.3. The minimum absolute atomic E-state index is 0.00828. The number of halogens is 1. The first kappa shape index (κ1) is 16.5. The Hall–Kier alpha value is -0.890. The smallest absolute Gasteiger partial charge is 0.127 e. The number of hydrogen-bond acceptors (Lipinski definition) is 1. The summed E-state index contributed by atoms with van der Waals surface area (Å²) in [5, 5.41) is 3.57. The Morgan fingerprint density at radius 1 is 1.14 bits per heavy atom. The minimum atomic E-state index is 0.00828. The molecule has 1 aromatic rings. The van der Waals surface area contributed by atoms with Crippen LogP contribution in [0.3, 0.4) is 0 Å². The lowest BCUT2D eigenvalue weighted by Crippen LogP contribution is -2.32. The molecule has 21 heavy (non-hydrogen) atoms. The third-order valence-electron chi connectivity index (χ3n) is 4.80. The lowest BCUT2D eigenvalue weighted by molar-refractivity contribution is 0.354. The quantitative estimate of drug-likeness (QED) is 0.761. The number of nitrogens with one attached hydrogen (secondary N) is 1. The highest BCUT2D eigenvalue weighted by Gasteiger charge is 2.28. The van der Waals surface area contributed by atoms with E-state index in [-0.39, 0.29) is 5.82 Å². The van der Waals surface area contributed by atoms with Crippen LogP contribution in [0.15, 0.2) is 12.1 Å². The van der Waals surface area contributed by atoms with Crippen molar-refractivity contribution in [1.29, 1.82) is 0 Å². The van der Waals surface area contributed by atoms with Gasteiger partial charge in [-0.25, -0.2) is 4.39 Å². The fraction of sp³-hybridized carbons (Fsp3) is 0.684. The lowest BCUT2D eigenvalue weighted by atomic mass is 9.80. The van der Waals surface area contributed by atoms with Gasteiger partial charge in [-0.1, -0.05) is 39.2 Å². The van der Waals surface area contributed by atoms with E-state index in [1.165, 1.54) is 25.7 Å². The van der Waals surface area contributed by atoms with Crippen molar-refractivity contribution in [3.63, 3.8) is 0 Å². The van der Waals surface area contributed by atoms with Crippen molar-refractivity contribution >= 4 is 0 Å². The number of aryl methyl sites for hydroxylation is 2. The van der Waals surface area contributed by atoms with Gasteiger partial charge in [-0.05, 0) is 67.8 Å². The summed E-state index contributed by atoms with van der Waals surface area (Å²) in [7, 11) is 0. The Morgan fingerprint density at radius 2 is 1.86 bits per heavy atom. The SMILES string of the molecule is Cc1cc(C)c(C2CCCCCC2CNC(C)C)c(F)c1. The summed E-state index contributed by atoms with van der Waals surface area (Å²) in [6, 6.07) is 4.34. The van der Waals surface area contributed by atoms with Gasteiger partial charge >= 0.3 is 0 Å². The summed E-state index contributed by atoms with van der Waals surface area (Å²) in [6.07, 6.45) is 6.16. The van der Waals surface area contributed by atoms with Crippen LogP contribution in [0.5, 0.6) is 0 Å². The standard InChI is InChI=1S/C19H30FN/c1-13(2)21-12-16-8-6-5-7-9-17(16)19-15(4)10-14(3)11-18(19)20/h10-11,13,16-17,21H,5-9,12H2,1-4H3. The molecule has 2 heteroatoms. The second-order valence-electron chi connectivity index (χ2n) is 7.04. The molecular weight excluding hydrogens is 261 g/mol. The first-order chi connectivity index (χ1) is 9.99. The van der Waals surface area contributed by atoms with E-state index in [0.717, 1.165) is 29.7 Å². The number of rotatable bonds is 4. The topological polar surface area (TPSA) is 12.0 Å². The van der Waals surface area contributed by atoms with Gasteiger partial charge < -0.3 is 5.32 Å². The van der Waals surface area contributed by atoms with Gasteiger partial charge in [0.2, 0.25) is 0 Å².